The molecule has 0 atom stereocenters. The molecule has 0 heterocycles. The lowest BCUT2D eigenvalue weighted by Crippen LogP contribution is -2.36. The summed E-state index contributed by atoms with van der Waals surface area (Å²) < 4.78 is 31.4. The minimum Gasteiger partial charge on any atom is -0.468 e. The number of methoxy groups -OCH3 is 1. The number of rotatable bonds is 7. The molecule has 0 fully saturated rings. The zero-order valence-electron chi connectivity index (χ0n) is 13.7. The Bertz CT molecular complexity index is 918. The predicted molar refractivity (Wildman–Crippen MR) is 94.2 cm³/mol. The number of hydrogen-bond acceptors (Lipinski definition) is 6. The van der Waals surface area contributed by atoms with E-state index in [2.05, 4.69) is 4.74 Å². The molecule has 0 bridgehead atoms. The standard InChI is InChI=1S/C16H15ClN2O6S/c1-25-16(20)11-18(10-12-5-3-2-4-6-12)26(23,24)15-9-13(19(21)22)7-8-14(15)17/h2-9H,10-11H2,1H3. The van der Waals surface area contributed by atoms with Gasteiger partial charge in [-0.15, -0.1) is 0 Å². The average Bonchev–Trinajstić information content (AvgIpc) is 2.61. The van der Waals surface area contributed by atoms with Crippen LogP contribution >= 0.6 is 11.6 Å². The maximum Gasteiger partial charge on any atom is 0.321 e. The third-order valence-electron chi connectivity index (χ3n) is 3.48. The van der Waals surface area contributed by atoms with Crippen molar-refractivity contribution in [2.75, 3.05) is 13.7 Å². The predicted octanol–water partition coefficient (Wildman–Crippen LogP) is 2.61. The molecule has 0 aliphatic carbocycles. The second-order valence-corrected chi connectivity index (χ2v) is 7.52. The molecule has 26 heavy (non-hydrogen) atoms. The molecule has 0 aromatic heterocycles. The van der Waals surface area contributed by atoms with Gasteiger partial charge >= 0.3 is 5.97 Å². The molecule has 0 saturated carbocycles. The van der Waals surface area contributed by atoms with Crippen molar-refractivity contribution in [1.82, 2.24) is 4.31 Å². The van der Waals surface area contributed by atoms with Crippen LogP contribution in [0.5, 0.6) is 0 Å². The molecule has 0 spiro atoms. The molecule has 8 nitrogen and oxygen atoms in total. The molecular formula is C16H15ClN2O6S. The van der Waals surface area contributed by atoms with Crippen molar-refractivity contribution in [2.45, 2.75) is 11.4 Å². The van der Waals surface area contributed by atoms with Crippen molar-refractivity contribution >= 4 is 33.3 Å². The lowest BCUT2D eigenvalue weighted by Gasteiger charge is -2.21. The van der Waals surface area contributed by atoms with Gasteiger partial charge < -0.3 is 4.74 Å². The minimum atomic E-state index is -4.30. The van der Waals surface area contributed by atoms with Gasteiger partial charge in [0.2, 0.25) is 10.0 Å². The van der Waals surface area contributed by atoms with E-state index < -0.39 is 38.0 Å². The van der Waals surface area contributed by atoms with Gasteiger partial charge in [-0.1, -0.05) is 41.9 Å². The molecular weight excluding hydrogens is 384 g/mol. The van der Waals surface area contributed by atoms with Gasteiger partial charge in [-0.25, -0.2) is 8.42 Å². The van der Waals surface area contributed by atoms with Crippen molar-refractivity contribution in [3.05, 3.63) is 69.2 Å². The van der Waals surface area contributed by atoms with Gasteiger partial charge in [-0.3, -0.25) is 14.9 Å². The fraction of sp³-hybridized carbons (Fsp3) is 0.188. The Kier molecular flexibility index (Phi) is 6.30. The van der Waals surface area contributed by atoms with E-state index in [-0.39, 0.29) is 11.6 Å². The first-order valence-corrected chi connectivity index (χ1v) is 9.12. The summed E-state index contributed by atoms with van der Waals surface area (Å²) in [6, 6.07) is 11.7. The molecule has 10 heteroatoms. The number of nitro groups is 1. The first-order chi connectivity index (χ1) is 12.3. The van der Waals surface area contributed by atoms with Gasteiger partial charge in [0.1, 0.15) is 11.4 Å². The Hall–Kier alpha value is -2.49. The van der Waals surface area contributed by atoms with E-state index in [9.17, 15) is 23.3 Å². The molecule has 138 valence electrons. The zero-order chi connectivity index (χ0) is 19.3. The summed E-state index contributed by atoms with van der Waals surface area (Å²) in [5.74, 6) is -0.772. The minimum absolute atomic E-state index is 0.128. The molecule has 0 N–H and O–H groups in total. The second kappa shape index (κ2) is 8.26. The van der Waals surface area contributed by atoms with Crippen molar-refractivity contribution in [3.8, 4) is 0 Å². The number of nitrogens with zero attached hydrogens (tertiary/aromatic N) is 2. The highest BCUT2D eigenvalue weighted by atomic mass is 35.5. The van der Waals surface area contributed by atoms with Crippen LogP contribution in [0.4, 0.5) is 5.69 Å². The molecule has 0 amide bonds. The summed E-state index contributed by atoms with van der Waals surface area (Å²) in [4.78, 5) is 21.5. The summed E-state index contributed by atoms with van der Waals surface area (Å²) in [6.45, 7) is -0.690. The highest BCUT2D eigenvalue weighted by Gasteiger charge is 2.30. The smallest absolute Gasteiger partial charge is 0.321 e. The van der Waals surface area contributed by atoms with Crippen LogP contribution in [0.2, 0.25) is 5.02 Å². The van der Waals surface area contributed by atoms with E-state index in [1.807, 2.05) is 0 Å². The molecule has 0 radical (unpaired) electrons. The summed E-state index contributed by atoms with van der Waals surface area (Å²) in [5.41, 5.74) is 0.201. The fourth-order valence-corrected chi connectivity index (χ4v) is 4.03. The highest BCUT2D eigenvalue weighted by Crippen LogP contribution is 2.29. The Morgan fingerprint density at radius 1 is 1.23 bits per heavy atom. The Morgan fingerprint density at radius 3 is 2.46 bits per heavy atom. The fourth-order valence-electron chi connectivity index (χ4n) is 2.16. The van der Waals surface area contributed by atoms with E-state index in [0.29, 0.717) is 5.56 Å². The van der Waals surface area contributed by atoms with Gasteiger partial charge in [0.15, 0.2) is 0 Å². The second-order valence-electron chi connectivity index (χ2n) is 5.21. The number of nitro benzene ring substituents is 1. The van der Waals surface area contributed by atoms with E-state index in [1.54, 1.807) is 30.3 Å². The largest absolute Gasteiger partial charge is 0.468 e. The van der Waals surface area contributed by atoms with Crippen LogP contribution < -0.4 is 0 Å². The lowest BCUT2D eigenvalue weighted by atomic mass is 10.2. The van der Waals surface area contributed by atoms with Crippen LogP contribution in [0.3, 0.4) is 0 Å². The van der Waals surface area contributed by atoms with Crippen molar-refractivity contribution < 1.29 is 22.9 Å². The molecule has 0 saturated heterocycles. The van der Waals surface area contributed by atoms with Crippen LogP contribution in [0.15, 0.2) is 53.4 Å². The Labute approximate surface area is 155 Å². The van der Waals surface area contributed by atoms with Gasteiger partial charge in [0.05, 0.1) is 17.1 Å². The molecule has 2 aromatic rings. The number of esters is 1. The number of non-ortho nitro benzene ring substituents is 1. The number of ether oxygens (including phenoxy) is 1. The first kappa shape index (κ1) is 19.8. The molecule has 0 unspecified atom stereocenters. The maximum absolute atomic E-state index is 13.0. The number of carbonyl (C=O) groups excluding carboxylic acids is 1. The van der Waals surface area contributed by atoms with E-state index >= 15 is 0 Å². The third kappa shape index (κ3) is 4.57. The number of halogens is 1. The van der Waals surface area contributed by atoms with Crippen molar-refractivity contribution in [1.29, 1.82) is 0 Å². The molecule has 2 aromatic carbocycles. The summed E-state index contributed by atoms with van der Waals surface area (Å²) in [6.07, 6.45) is 0. The SMILES string of the molecule is COC(=O)CN(Cc1ccccc1)S(=O)(=O)c1cc([N+](=O)[O-])ccc1Cl. The van der Waals surface area contributed by atoms with E-state index in [4.69, 9.17) is 11.6 Å². The third-order valence-corrected chi connectivity index (χ3v) is 5.75. The molecule has 0 aliphatic heterocycles. The van der Waals surface area contributed by atoms with Gasteiger partial charge in [-0.05, 0) is 11.6 Å². The zero-order valence-corrected chi connectivity index (χ0v) is 15.2. The monoisotopic (exact) mass is 398 g/mol. The first-order valence-electron chi connectivity index (χ1n) is 7.30. The number of carbonyl (C=O) groups is 1. The quantitative estimate of drug-likeness (QED) is 0.403. The summed E-state index contributed by atoms with van der Waals surface area (Å²) in [7, 11) is -3.16. The number of benzene rings is 2. The number of hydrogen-bond donors (Lipinski definition) is 0. The highest BCUT2D eigenvalue weighted by molar-refractivity contribution is 7.89. The van der Waals surface area contributed by atoms with Crippen molar-refractivity contribution in [3.63, 3.8) is 0 Å². The average molecular weight is 399 g/mol. The number of sulfonamides is 1. The summed E-state index contributed by atoms with van der Waals surface area (Å²) >= 11 is 5.96. The topological polar surface area (TPSA) is 107 Å². The Morgan fingerprint density at radius 2 is 1.88 bits per heavy atom. The van der Waals surface area contributed by atoms with Crippen LogP contribution in [0, 0.1) is 10.1 Å². The Balaban J connectivity index is 2.49. The van der Waals surface area contributed by atoms with Gasteiger partial charge in [0, 0.05) is 18.7 Å². The molecule has 2 rings (SSSR count). The van der Waals surface area contributed by atoms with Crippen LogP contribution in [0.1, 0.15) is 5.56 Å². The van der Waals surface area contributed by atoms with Crippen LogP contribution in [-0.2, 0) is 26.1 Å². The van der Waals surface area contributed by atoms with Crippen LogP contribution in [0.25, 0.3) is 0 Å². The van der Waals surface area contributed by atoms with Crippen LogP contribution in [-0.4, -0.2) is 37.3 Å². The van der Waals surface area contributed by atoms with E-state index in [0.717, 1.165) is 29.6 Å². The lowest BCUT2D eigenvalue weighted by molar-refractivity contribution is -0.385. The van der Waals surface area contributed by atoms with Gasteiger partial charge in [0.25, 0.3) is 5.69 Å². The molecule has 0 aliphatic rings. The van der Waals surface area contributed by atoms with E-state index in [1.165, 1.54) is 0 Å². The van der Waals surface area contributed by atoms with Crippen molar-refractivity contribution in [2.24, 2.45) is 0 Å². The van der Waals surface area contributed by atoms with Gasteiger partial charge in [-0.2, -0.15) is 4.31 Å². The maximum atomic E-state index is 13.0. The summed E-state index contributed by atoms with van der Waals surface area (Å²) in [5, 5.41) is 10.8. The normalized spacial score (nSPS) is 11.3.